The third-order valence-electron chi connectivity index (χ3n) is 4.69. The van der Waals surface area contributed by atoms with Crippen molar-refractivity contribution in [1.29, 1.82) is 0 Å². The normalized spacial score (nSPS) is 11.9. The van der Waals surface area contributed by atoms with Crippen LogP contribution in [-0.4, -0.2) is 38.2 Å². The Morgan fingerprint density at radius 1 is 1.07 bits per heavy atom. The summed E-state index contributed by atoms with van der Waals surface area (Å²) in [6, 6.07) is 11.9. The Labute approximate surface area is 175 Å². The number of hydrogen-bond acceptors (Lipinski definition) is 6. The second kappa shape index (κ2) is 9.11. The predicted octanol–water partition coefficient (Wildman–Crippen LogP) is 2.88. The molecule has 0 saturated carbocycles. The Balaban J connectivity index is 1.85. The van der Waals surface area contributed by atoms with Crippen molar-refractivity contribution >= 4 is 12.2 Å². The molecule has 1 heterocycles. The van der Waals surface area contributed by atoms with Crippen LogP contribution in [0.15, 0.2) is 40.8 Å². The highest BCUT2D eigenvalue weighted by Gasteiger charge is 2.18. The molecule has 154 valence electrons. The Morgan fingerprint density at radius 2 is 1.72 bits per heavy atom. The molecule has 3 rings (SSSR count). The Bertz CT molecular complexity index is 1020. The fourth-order valence-electron chi connectivity index (χ4n) is 3.17. The van der Waals surface area contributed by atoms with Crippen LogP contribution in [0.25, 0.3) is 11.5 Å². The van der Waals surface area contributed by atoms with Crippen molar-refractivity contribution in [3.05, 3.63) is 52.4 Å². The van der Waals surface area contributed by atoms with Crippen LogP contribution in [-0.2, 0) is 13.2 Å². The van der Waals surface area contributed by atoms with E-state index >= 15 is 0 Å². The van der Waals surface area contributed by atoms with Gasteiger partial charge in [-0.2, -0.15) is 4.68 Å². The van der Waals surface area contributed by atoms with Crippen molar-refractivity contribution in [2.75, 3.05) is 28.4 Å². The third kappa shape index (κ3) is 4.60. The van der Waals surface area contributed by atoms with Crippen LogP contribution in [0.4, 0.5) is 0 Å². The molecule has 29 heavy (non-hydrogen) atoms. The summed E-state index contributed by atoms with van der Waals surface area (Å²) >= 11 is 5.39. The maximum atomic E-state index is 5.75. The lowest BCUT2D eigenvalue weighted by molar-refractivity contribution is -0.917. The maximum absolute atomic E-state index is 5.75. The Morgan fingerprint density at radius 3 is 2.31 bits per heavy atom. The molecule has 0 aliphatic carbocycles. The summed E-state index contributed by atoms with van der Waals surface area (Å²) in [4.78, 5) is 1.55. The van der Waals surface area contributed by atoms with E-state index in [2.05, 4.69) is 37.3 Å². The number of benzene rings is 2. The van der Waals surface area contributed by atoms with Gasteiger partial charge >= 0.3 is 0 Å². The Kier molecular flexibility index (Phi) is 6.56. The molecule has 8 heteroatoms. The molecular weight excluding hydrogens is 390 g/mol. The number of quaternary nitrogens is 1. The summed E-state index contributed by atoms with van der Waals surface area (Å²) in [5.74, 6) is 1.97. The van der Waals surface area contributed by atoms with Crippen molar-refractivity contribution in [3.63, 3.8) is 0 Å². The van der Waals surface area contributed by atoms with Crippen LogP contribution in [0, 0.1) is 11.8 Å². The number of rotatable bonds is 8. The largest absolute Gasteiger partial charge is 0.493 e. The van der Waals surface area contributed by atoms with E-state index in [1.807, 2.05) is 6.07 Å². The van der Waals surface area contributed by atoms with E-state index in [4.69, 9.17) is 30.8 Å². The van der Waals surface area contributed by atoms with Gasteiger partial charge < -0.3 is 23.5 Å². The van der Waals surface area contributed by atoms with E-state index in [0.717, 1.165) is 6.54 Å². The van der Waals surface area contributed by atoms with E-state index in [1.54, 1.807) is 38.1 Å². The number of nitrogens with zero attached hydrogens (tertiary/aromatic N) is 2. The first-order valence-corrected chi connectivity index (χ1v) is 9.61. The lowest BCUT2D eigenvalue weighted by Gasteiger charge is -2.14. The number of aromatic nitrogens is 2. The molecule has 1 aromatic heterocycles. The number of nitrogens with one attached hydrogen (secondary N) is 1. The predicted molar refractivity (Wildman–Crippen MR) is 112 cm³/mol. The number of aryl methyl sites for hydroxylation is 1. The van der Waals surface area contributed by atoms with Crippen molar-refractivity contribution in [1.82, 2.24) is 9.78 Å². The summed E-state index contributed by atoms with van der Waals surface area (Å²) in [5.41, 5.74) is 3.26. The summed E-state index contributed by atoms with van der Waals surface area (Å²) in [6.07, 6.45) is 0. The van der Waals surface area contributed by atoms with Crippen molar-refractivity contribution < 1.29 is 23.5 Å². The number of hydrogen-bond donors (Lipinski definition) is 1. The molecule has 7 nitrogen and oxygen atoms in total. The third-order valence-corrected chi connectivity index (χ3v) is 4.99. The van der Waals surface area contributed by atoms with Crippen LogP contribution in [0.2, 0.25) is 0 Å². The zero-order valence-electron chi connectivity index (χ0n) is 17.3. The molecule has 1 unspecified atom stereocenters. The Hall–Kier alpha value is -2.84. The van der Waals surface area contributed by atoms with Gasteiger partial charge in [-0.05, 0) is 36.8 Å². The van der Waals surface area contributed by atoms with Gasteiger partial charge in [0.2, 0.25) is 11.6 Å². The van der Waals surface area contributed by atoms with E-state index in [1.165, 1.54) is 16.0 Å². The molecule has 0 fully saturated rings. The standard InChI is InChI=1S/C21H25N3O4S/c1-14-8-6-7-9-15(14)12-23(2)13-24-21(29)28-20(22-24)16-10-17(25-3)19(27-5)18(11-16)26-4/h6-11H,12-13H2,1-5H3/p+1. The molecule has 0 radical (unpaired) electrons. The summed E-state index contributed by atoms with van der Waals surface area (Å²) in [7, 11) is 6.80. The van der Waals surface area contributed by atoms with Gasteiger partial charge in [0.05, 0.1) is 28.4 Å². The average molecular weight is 417 g/mol. The molecule has 0 aliphatic rings. The van der Waals surface area contributed by atoms with Crippen molar-refractivity contribution in [3.8, 4) is 28.7 Å². The molecule has 3 aromatic rings. The molecule has 1 atom stereocenters. The smallest absolute Gasteiger partial charge is 0.292 e. The number of methoxy groups -OCH3 is 3. The lowest BCUT2D eigenvalue weighted by Crippen LogP contribution is -3.07. The first-order chi connectivity index (χ1) is 14.0. The van der Waals surface area contributed by atoms with Crippen LogP contribution in [0.3, 0.4) is 0 Å². The van der Waals surface area contributed by atoms with Gasteiger partial charge in [0.15, 0.2) is 18.2 Å². The van der Waals surface area contributed by atoms with E-state index in [-0.39, 0.29) is 0 Å². The quantitative estimate of drug-likeness (QED) is 0.570. The molecule has 0 amide bonds. The van der Waals surface area contributed by atoms with Crippen LogP contribution in [0.1, 0.15) is 11.1 Å². The molecule has 0 bridgehead atoms. The van der Waals surface area contributed by atoms with Gasteiger partial charge in [-0.3, -0.25) is 0 Å². The number of ether oxygens (including phenoxy) is 3. The van der Waals surface area contributed by atoms with Gasteiger partial charge in [0.1, 0.15) is 6.54 Å². The topological polar surface area (TPSA) is 63.1 Å². The average Bonchev–Trinajstić information content (AvgIpc) is 3.08. The maximum Gasteiger partial charge on any atom is 0.292 e. The highest BCUT2D eigenvalue weighted by atomic mass is 32.1. The van der Waals surface area contributed by atoms with Crippen LogP contribution < -0.4 is 19.1 Å². The lowest BCUT2D eigenvalue weighted by atomic mass is 10.1. The van der Waals surface area contributed by atoms with Gasteiger partial charge in [-0.15, -0.1) is 5.10 Å². The summed E-state index contributed by atoms with van der Waals surface area (Å²) in [5, 5.41) is 4.56. The molecule has 1 N–H and O–H groups in total. The van der Waals surface area contributed by atoms with Crippen molar-refractivity contribution in [2.24, 2.45) is 0 Å². The fourth-order valence-corrected chi connectivity index (χ4v) is 3.36. The van der Waals surface area contributed by atoms with Crippen molar-refractivity contribution in [2.45, 2.75) is 20.1 Å². The fraction of sp³-hybridized carbons (Fsp3) is 0.333. The molecule has 2 aromatic carbocycles. The van der Waals surface area contributed by atoms with E-state index in [9.17, 15) is 0 Å². The van der Waals surface area contributed by atoms with E-state index in [0.29, 0.717) is 40.2 Å². The monoisotopic (exact) mass is 416 g/mol. The van der Waals surface area contributed by atoms with Gasteiger partial charge in [-0.1, -0.05) is 24.3 Å². The van der Waals surface area contributed by atoms with Gasteiger partial charge in [-0.25, -0.2) is 0 Å². The minimum atomic E-state index is 0.317. The highest BCUT2D eigenvalue weighted by molar-refractivity contribution is 7.71. The van der Waals surface area contributed by atoms with Gasteiger partial charge in [0, 0.05) is 11.1 Å². The molecule has 0 aliphatic heterocycles. The summed E-state index contributed by atoms with van der Waals surface area (Å²) < 4.78 is 23.6. The first kappa shape index (κ1) is 20.9. The zero-order chi connectivity index (χ0) is 21.0. The minimum Gasteiger partial charge on any atom is -0.493 e. The minimum absolute atomic E-state index is 0.317. The van der Waals surface area contributed by atoms with Crippen LogP contribution in [0.5, 0.6) is 17.2 Å². The molecule has 0 spiro atoms. The van der Waals surface area contributed by atoms with Crippen LogP contribution >= 0.6 is 12.2 Å². The highest BCUT2D eigenvalue weighted by Crippen LogP contribution is 2.40. The second-order valence-electron chi connectivity index (χ2n) is 6.81. The second-order valence-corrected chi connectivity index (χ2v) is 7.15. The zero-order valence-corrected chi connectivity index (χ0v) is 18.1. The van der Waals surface area contributed by atoms with E-state index < -0.39 is 0 Å². The first-order valence-electron chi connectivity index (χ1n) is 9.21. The summed E-state index contributed by atoms with van der Waals surface area (Å²) in [6.45, 7) is 3.56. The van der Waals surface area contributed by atoms with Gasteiger partial charge in [0.25, 0.3) is 4.84 Å². The molecule has 0 saturated heterocycles. The SMILES string of the molecule is COc1cc(-c2nn(C[NH+](C)Cc3ccccc3C)c(=S)o2)cc(OC)c1OC. The molecular formula is C21H26N3O4S+.